The molecule has 1 saturated heterocycles. The Kier molecular flexibility index (Phi) is 13.2. The van der Waals surface area contributed by atoms with Crippen LogP contribution in [0.25, 0.3) is 11.1 Å². The summed E-state index contributed by atoms with van der Waals surface area (Å²) in [4.78, 5) is 31.2. The molecule has 0 amide bonds. The molecular weight excluding hydrogens is 578 g/mol. The smallest absolute Gasteiger partial charge is 0.248 e. The van der Waals surface area contributed by atoms with Gasteiger partial charge in [-0.15, -0.1) is 0 Å². The van der Waals surface area contributed by atoms with Gasteiger partial charge >= 0.3 is 0 Å². The lowest BCUT2D eigenvalue weighted by Gasteiger charge is -2.44. The second-order valence-corrected chi connectivity index (χ2v) is 11.0. The van der Waals surface area contributed by atoms with Crippen molar-refractivity contribution in [1.29, 1.82) is 0 Å². The van der Waals surface area contributed by atoms with E-state index >= 15 is 4.39 Å². The SMILES string of the molecule is C=O.C[C@@H]1CN(c2cc(F)c(-c3ccnc(OCC4CCC4)c3)cc2NCc2c[nH]c(=O)cc2CF)C[C@H](C)N1C.FCF.[HH].[HH]. The third-order valence-electron chi connectivity index (χ3n) is 8.24. The van der Waals surface area contributed by atoms with Crippen LogP contribution in [0.15, 0.2) is 47.5 Å². The van der Waals surface area contributed by atoms with Crippen LogP contribution in [-0.2, 0) is 18.0 Å². The minimum Gasteiger partial charge on any atom is -0.477 e. The Morgan fingerprint density at radius 3 is 2.39 bits per heavy atom. The van der Waals surface area contributed by atoms with Gasteiger partial charge in [0, 0.05) is 64.7 Å². The van der Waals surface area contributed by atoms with Crippen molar-refractivity contribution in [3.63, 3.8) is 0 Å². The van der Waals surface area contributed by atoms with Gasteiger partial charge in [-0.05, 0) is 74.5 Å². The first-order valence-corrected chi connectivity index (χ1v) is 14.5. The molecule has 0 spiro atoms. The van der Waals surface area contributed by atoms with E-state index in [1.807, 2.05) is 12.9 Å². The Labute approximate surface area is 258 Å². The van der Waals surface area contributed by atoms with Gasteiger partial charge in [-0.3, -0.25) is 9.69 Å². The van der Waals surface area contributed by atoms with Crippen LogP contribution < -0.4 is 20.5 Å². The number of nitrogens with one attached hydrogen (secondary N) is 2. The number of aromatic nitrogens is 2. The number of likely N-dealkylation sites (N-methyl/N-ethyl adjacent to an activating group) is 1. The fourth-order valence-electron chi connectivity index (χ4n) is 5.33. The Bertz CT molecular complexity index is 1400. The highest BCUT2D eigenvalue weighted by Crippen LogP contribution is 2.37. The minimum absolute atomic E-state index is 0. The summed E-state index contributed by atoms with van der Waals surface area (Å²) >= 11 is 0. The van der Waals surface area contributed by atoms with E-state index in [1.54, 1.807) is 24.4 Å². The summed E-state index contributed by atoms with van der Waals surface area (Å²) in [6, 6.07) is 8.81. The number of carbonyl (C=O) groups is 1. The largest absolute Gasteiger partial charge is 0.477 e. The molecule has 2 aromatic heterocycles. The van der Waals surface area contributed by atoms with Crippen LogP contribution in [0.3, 0.4) is 0 Å². The average molecular weight is 624 g/mol. The topological polar surface area (TPSA) is 90.6 Å². The Hall–Kier alpha value is -3.93. The molecule has 1 saturated carbocycles. The van der Waals surface area contributed by atoms with Crippen LogP contribution in [0.5, 0.6) is 5.88 Å². The number of nitrogens with zero attached hydrogens (tertiary/aromatic N) is 3. The number of rotatable bonds is 9. The third kappa shape index (κ3) is 8.81. The molecule has 1 aromatic carbocycles. The maximum Gasteiger partial charge on any atom is 0.248 e. The fourth-order valence-corrected chi connectivity index (χ4v) is 5.33. The average Bonchev–Trinajstić information content (AvgIpc) is 3.00. The molecule has 0 radical (unpaired) electrons. The van der Waals surface area contributed by atoms with E-state index in [4.69, 9.17) is 9.53 Å². The number of benzene rings is 1. The van der Waals surface area contributed by atoms with Gasteiger partial charge < -0.3 is 24.7 Å². The van der Waals surface area contributed by atoms with Gasteiger partial charge in [0.2, 0.25) is 18.4 Å². The number of ether oxygens (including phenoxy) is 1. The Balaban J connectivity index is 0.00000143. The zero-order chi connectivity index (χ0) is 32.2. The van der Waals surface area contributed by atoms with Gasteiger partial charge in [-0.1, -0.05) is 6.42 Å². The summed E-state index contributed by atoms with van der Waals surface area (Å²) in [5, 5.41) is 3.41. The molecule has 0 unspecified atom stereocenters. The number of hydrogen-bond acceptors (Lipinski definition) is 7. The molecule has 2 N–H and O–H groups in total. The highest BCUT2D eigenvalue weighted by atomic mass is 19.3. The molecule has 2 atom stereocenters. The molecule has 1 aliphatic heterocycles. The fraction of sp³-hybridized carbons (Fsp3) is 0.469. The van der Waals surface area contributed by atoms with Crippen molar-refractivity contribution in [3.05, 3.63) is 70.0 Å². The number of pyridine rings is 2. The molecule has 0 bridgehead atoms. The number of halogens is 4. The molecular formula is C32H45F4N5O3. The second-order valence-electron chi connectivity index (χ2n) is 11.0. The van der Waals surface area contributed by atoms with E-state index in [2.05, 4.69) is 46.0 Å². The van der Waals surface area contributed by atoms with Crippen LogP contribution in [0.4, 0.5) is 28.9 Å². The lowest BCUT2D eigenvalue weighted by atomic mass is 9.86. The summed E-state index contributed by atoms with van der Waals surface area (Å²) in [5.41, 5.74) is 3.23. The van der Waals surface area contributed by atoms with Crippen molar-refractivity contribution in [2.24, 2.45) is 5.92 Å². The number of hydrogen-bond donors (Lipinski definition) is 2. The molecule has 1 aliphatic carbocycles. The highest BCUT2D eigenvalue weighted by Gasteiger charge is 2.29. The van der Waals surface area contributed by atoms with Crippen molar-refractivity contribution < 1.29 is 29.9 Å². The van der Waals surface area contributed by atoms with Gasteiger partial charge in [0.05, 0.1) is 18.0 Å². The summed E-state index contributed by atoms with van der Waals surface area (Å²) < 4.78 is 54.6. The van der Waals surface area contributed by atoms with E-state index in [0.717, 1.165) is 24.5 Å². The summed E-state index contributed by atoms with van der Waals surface area (Å²) in [6.45, 7) is 6.23. The maximum absolute atomic E-state index is 15.8. The van der Waals surface area contributed by atoms with Gasteiger partial charge in [0.25, 0.3) is 0 Å². The van der Waals surface area contributed by atoms with E-state index in [0.29, 0.717) is 40.7 Å². The molecule has 12 heteroatoms. The second kappa shape index (κ2) is 16.8. The zero-order valence-corrected chi connectivity index (χ0v) is 25.4. The van der Waals surface area contributed by atoms with Crippen molar-refractivity contribution in [2.75, 3.05) is 43.9 Å². The molecule has 5 rings (SSSR count). The van der Waals surface area contributed by atoms with Gasteiger partial charge in [0.1, 0.15) is 19.3 Å². The molecule has 2 fully saturated rings. The number of H-pyrrole nitrogens is 1. The maximum atomic E-state index is 15.8. The van der Waals surface area contributed by atoms with Crippen LogP contribution in [0.1, 0.15) is 47.1 Å². The first-order chi connectivity index (χ1) is 21.2. The van der Waals surface area contributed by atoms with E-state index in [1.165, 1.54) is 31.5 Å². The van der Waals surface area contributed by atoms with E-state index < -0.39 is 13.6 Å². The Morgan fingerprint density at radius 2 is 1.77 bits per heavy atom. The molecule has 3 aromatic rings. The zero-order valence-electron chi connectivity index (χ0n) is 25.4. The van der Waals surface area contributed by atoms with E-state index in [9.17, 15) is 18.0 Å². The predicted octanol–water partition coefficient (Wildman–Crippen LogP) is 6.56. The number of alkyl halides is 3. The summed E-state index contributed by atoms with van der Waals surface area (Å²) in [5.74, 6) is 0.720. The van der Waals surface area contributed by atoms with Crippen molar-refractivity contribution in [1.82, 2.24) is 14.9 Å². The summed E-state index contributed by atoms with van der Waals surface area (Å²) in [7, 11) is 2.11. The van der Waals surface area contributed by atoms with Gasteiger partial charge in [0.15, 0.2) is 0 Å². The lowest BCUT2D eigenvalue weighted by molar-refractivity contribution is -0.0980. The van der Waals surface area contributed by atoms with Crippen molar-refractivity contribution >= 4 is 18.2 Å². The molecule has 2 aliphatic rings. The number of anilines is 2. The standard InChI is InChI=1S/C30H37F2N5O2.CH2F2.CH2O.2H2/c1-19-16-37(17-20(2)36(19)3)28-12-26(32)25(22-7-8-33-30(10-22)39-18-21-5-4-6-21)11-27(28)34-14-24-15-35-29(38)9-23(24)13-31;2-1-3;1-2;;/h7-12,15,19-21,34H,4-6,13-14,16-18H2,1-3H3,(H,35,38);1H2;1H2;2*1H/t19-,20+;;;;. The first kappa shape index (κ1) is 34.6. The molecule has 44 heavy (non-hydrogen) atoms. The quantitative estimate of drug-likeness (QED) is 0.261. The van der Waals surface area contributed by atoms with Crippen LogP contribution in [0.2, 0.25) is 0 Å². The highest BCUT2D eigenvalue weighted by molar-refractivity contribution is 5.79. The minimum atomic E-state index is -1.75. The monoisotopic (exact) mass is 623 g/mol. The molecule has 244 valence electrons. The Morgan fingerprint density at radius 1 is 1.09 bits per heavy atom. The normalized spacial score (nSPS) is 18.3. The van der Waals surface area contributed by atoms with Crippen molar-refractivity contribution in [2.45, 2.75) is 58.4 Å². The summed E-state index contributed by atoms with van der Waals surface area (Å²) in [6.07, 6.45) is 6.76. The number of piperazine rings is 1. The molecule has 8 nitrogen and oxygen atoms in total. The van der Waals surface area contributed by atoms with Gasteiger partial charge in [-0.25, -0.2) is 22.5 Å². The predicted molar refractivity (Wildman–Crippen MR) is 169 cm³/mol. The number of aromatic amines is 1. The van der Waals surface area contributed by atoms with Gasteiger partial charge in [-0.2, -0.15) is 0 Å². The third-order valence-corrected chi connectivity index (χ3v) is 8.24. The molecule has 3 heterocycles. The van der Waals surface area contributed by atoms with Crippen LogP contribution >= 0.6 is 0 Å². The van der Waals surface area contributed by atoms with E-state index in [-0.39, 0.29) is 32.9 Å². The first-order valence-electron chi connectivity index (χ1n) is 14.5. The number of carbonyl (C=O) groups excluding carboxylic acids is 1. The lowest BCUT2D eigenvalue weighted by Crippen LogP contribution is -2.55. The van der Waals surface area contributed by atoms with Crippen molar-refractivity contribution in [3.8, 4) is 17.0 Å². The van der Waals surface area contributed by atoms with Crippen LogP contribution in [0, 0.1) is 11.7 Å². The van der Waals surface area contributed by atoms with Crippen LogP contribution in [-0.4, -0.2) is 67.4 Å².